The third-order valence-electron chi connectivity index (χ3n) is 2.56. The number of nitrogens with zero attached hydrogens (tertiary/aromatic N) is 3. The van der Waals surface area contributed by atoms with Crippen molar-refractivity contribution >= 4 is 0 Å². The van der Waals surface area contributed by atoms with Crippen molar-refractivity contribution in [2.24, 2.45) is 0 Å². The zero-order valence-corrected chi connectivity index (χ0v) is 10.2. The fourth-order valence-electron chi connectivity index (χ4n) is 1.48. The zero-order chi connectivity index (χ0) is 13.0. The average Bonchev–Trinajstić information content (AvgIpc) is 2.26. The van der Waals surface area contributed by atoms with Gasteiger partial charge in [0.1, 0.15) is 11.6 Å². The fourth-order valence-corrected chi connectivity index (χ4v) is 1.48. The number of hydrogen-bond acceptors (Lipinski definition) is 4. The molecular formula is C11H16N4O2. The minimum Gasteiger partial charge on any atom is -0.309 e. The number of aromatic nitrogens is 2. The van der Waals surface area contributed by atoms with Gasteiger partial charge in [0.05, 0.1) is 0 Å². The summed E-state index contributed by atoms with van der Waals surface area (Å²) in [5, 5.41) is 8.74. The minimum absolute atomic E-state index is 0.0405. The third kappa shape index (κ3) is 3.29. The lowest BCUT2D eigenvalue weighted by Crippen LogP contribution is -2.33. The number of hydrogen-bond donors (Lipinski definition) is 1. The number of aromatic amines is 1. The second-order valence-electron chi connectivity index (χ2n) is 4.26. The second kappa shape index (κ2) is 5.46. The molecule has 6 nitrogen and oxygen atoms in total. The molecule has 17 heavy (non-hydrogen) atoms. The van der Waals surface area contributed by atoms with Crippen LogP contribution in [-0.2, 0) is 0 Å². The van der Waals surface area contributed by atoms with Gasteiger partial charge in [-0.2, -0.15) is 5.26 Å². The Morgan fingerprint density at radius 1 is 1.53 bits per heavy atom. The van der Waals surface area contributed by atoms with Crippen LogP contribution in [0.15, 0.2) is 15.8 Å². The van der Waals surface area contributed by atoms with Crippen LogP contribution >= 0.6 is 0 Å². The SMILES string of the molecule is CC(CCN(C)C)n1cc(C#N)c(=O)[nH]c1=O. The Labute approximate surface area is 99.1 Å². The Morgan fingerprint density at radius 3 is 2.71 bits per heavy atom. The Balaban J connectivity index is 3.02. The Bertz CT molecular complexity index is 536. The number of nitrogens with one attached hydrogen (secondary N) is 1. The van der Waals surface area contributed by atoms with Gasteiger partial charge in [0.2, 0.25) is 0 Å². The van der Waals surface area contributed by atoms with E-state index in [1.807, 2.05) is 25.9 Å². The lowest BCUT2D eigenvalue weighted by atomic mass is 10.2. The van der Waals surface area contributed by atoms with Gasteiger partial charge in [-0.3, -0.25) is 14.3 Å². The third-order valence-corrected chi connectivity index (χ3v) is 2.56. The van der Waals surface area contributed by atoms with Crippen LogP contribution in [0.25, 0.3) is 0 Å². The van der Waals surface area contributed by atoms with E-state index >= 15 is 0 Å². The predicted octanol–water partition coefficient (Wildman–Crippen LogP) is -0.0790. The van der Waals surface area contributed by atoms with Gasteiger partial charge >= 0.3 is 5.69 Å². The van der Waals surface area contributed by atoms with E-state index in [4.69, 9.17) is 5.26 Å². The first kappa shape index (κ1) is 13.2. The summed E-state index contributed by atoms with van der Waals surface area (Å²) >= 11 is 0. The maximum atomic E-state index is 11.6. The average molecular weight is 236 g/mol. The van der Waals surface area contributed by atoms with E-state index in [0.717, 1.165) is 13.0 Å². The molecule has 0 aromatic carbocycles. The summed E-state index contributed by atoms with van der Waals surface area (Å²) < 4.78 is 1.39. The molecule has 1 aromatic rings. The van der Waals surface area contributed by atoms with Crippen molar-refractivity contribution in [1.82, 2.24) is 14.5 Å². The molecule has 1 unspecified atom stereocenters. The molecule has 0 fully saturated rings. The van der Waals surface area contributed by atoms with E-state index in [1.165, 1.54) is 10.8 Å². The van der Waals surface area contributed by atoms with Crippen molar-refractivity contribution in [3.63, 3.8) is 0 Å². The topological polar surface area (TPSA) is 81.9 Å². The van der Waals surface area contributed by atoms with E-state index in [0.29, 0.717) is 0 Å². The molecule has 6 heteroatoms. The number of rotatable bonds is 4. The van der Waals surface area contributed by atoms with Gasteiger partial charge in [-0.05, 0) is 34.0 Å². The maximum Gasteiger partial charge on any atom is 0.328 e. The van der Waals surface area contributed by atoms with Gasteiger partial charge in [-0.25, -0.2) is 4.79 Å². The van der Waals surface area contributed by atoms with Crippen molar-refractivity contribution in [2.75, 3.05) is 20.6 Å². The van der Waals surface area contributed by atoms with Crippen LogP contribution < -0.4 is 11.2 Å². The minimum atomic E-state index is -0.631. The largest absolute Gasteiger partial charge is 0.328 e. The summed E-state index contributed by atoms with van der Waals surface area (Å²) in [7, 11) is 3.89. The lowest BCUT2D eigenvalue weighted by Gasteiger charge is -2.17. The van der Waals surface area contributed by atoms with E-state index in [-0.39, 0.29) is 11.6 Å². The van der Waals surface area contributed by atoms with E-state index in [1.54, 1.807) is 6.07 Å². The Morgan fingerprint density at radius 2 is 2.18 bits per heavy atom. The normalized spacial score (nSPS) is 12.4. The molecule has 0 saturated heterocycles. The molecule has 1 aromatic heterocycles. The summed E-state index contributed by atoms with van der Waals surface area (Å²) in [5.74, 6) is 0. The van der Waals surface area contributed by atoms with Crippen molar-refractivity contribution in [2.45, 2.75) is 19.4 Å². The molecule has 0 bridgehead atoms. The molecule has 0 saturated carbocycles. The maximum absolute atomic E-state index is 11.6. The summed E-state index contributed by atoms with van der Waals surface area (Å²) in [6.45, 7) is 2.71. The quantitative estimate of drug-likeness (QED) is 0.792. The molecule has 92 valence electrons. The van der Waals surface area contributed by atoms with Crippen LogP contribution in [0.3, 0.4) is 0 Å². The second-order valence-corrected chi connectivity index (χ2v) is 4.26. The fraction of sp³-hybridized carbons (Fsp3) is 0.545. The lowest BCUT2D eigenvalue weighted by molar-refractivity contribution is 0.352. The highest BCUT2D eigenvalue weighted by atomic mass is 16.2. The van der Waals surface area contributed by atoms with Gasteiger partial charge in [-0.1, -0.05) is 0 Å². The molecule has 0 aliphatic carbocycles. The monoisotopic (exact) mass is 236 g/mol. The van der Waals surface area contributed by atoms with Crippen molar-refractivity contribution in [1.29, 1.82) is 5.26 Å². The number of nitriles is 1. The molecule has 0 aliphatic heterocycles. The molecule has 0 aliphatic rings. The smallest absolute Gasteiger partial charge is 0.309 e. The summed E-state index contributed by atoms with van der Waals surface area (Å²) in [6, 6.07) is 1.71. The Kier molecular flexibility index (Phi) is 4.24. The van der Waals surface area contributed by atoms with Crippen LogP contribution in [0.5, 0.6) is 0 Å². The first-order chi connectivity index (χ1) is 7.95. The molecular weight excluding hydrogens is 220 g/mol. The highest BCUT2D eigenvalue weighted by Gasteiger charge is 2.10. The van der Waals surface area contributed by atoms with E-state index < -0.39 is 11.2 Å². The molecule has 0 spiro atoms. The summed E-state index contributed by atoms with van der Waals surface area (Å²) in [5.41, 5.74) is -1.14. The molecule has 1 atom stereocenters. The highest BCUT2D eigenvalue weighted by Crippen LogP contribution is 2.07. The van der Waals surface area contributed by atoms with Crippen LogP contribution in [0.1, 0.15) is 24.9 Å². The molecule has 0 radical (unpaired) electrons. The van der Waals surface area contributed by atoms with Gasteiger partial charge in [0.15, 0.2) is 0 Å². The zero-order valence-electron chi connectivity index (χ0n) is 10.2. The van der Waals surface area contributed by atoms with Crippen molar-refractivity contribution in [3.8, 4) is 6.07 Å². The van der Waals surface area contributed by atoms with Gasteiger partial charge < -0.3 is 4.90 Å². The molecule has 1 N–H and O–H groups in total. The van der Waals surface area contributed by atoms with Gasteiger partial charge in [-0.15, -0.1) is 0 Å². The van der Waals surface area contributed by atoms with Crippen molar-refractivity contribution in [3.05, 3.63) is 32.6 Å². The summed E-state index contributed by atoms with van der Waals surface area (Å²) in [4.78, 5) is 26.9. The molecule has 0 amide bonds. The Hall–Kier alpha value is -1.87. The first-order valence-corrected chi connectivity index (χ1v) is 5.36. The van der Waals surface area contributed by atoms with Crippen molar-refractivity contribution < 1.29 is 0 Å². The van der Waals surface area contributed by atoms with Crippen LogP contribution in [0, 0.1) is 11.3 Å². The molecule has 1 heterocycles. The van der Waals surface area contributed by atoms with Gasteiger partial charge in [0.25, 0.3) is 5.56 Å². The van der Waals surface area contributed by atoms with E-state index in [9.17, 15) is 9.59 Å². The standard InChI is InChI=1S/C11H16N4O2/c1-8(4-5-14(2)3)15-7-9(6-12)10(16)13-11(15)17/h7-8H,4-5H2,1-3H3,(H,13,16,17). The summed E-state index contributed by atoms with van der Waals surface area (Å²) in [6.07, 6.45) is 2.09. The van der Waals surface area contributed by atoms with Crippen LogP contribution in [-0.4, -0.2) is 35.1 Å². The molecule has 1 rings (SSSR count). The van der Waals surface area contributed by atoms with E-state index in [2.05, 4.69) is 4.98 Å². The number of H-pyrrole nitrogens is 1. The first-order valence-electron chi connectivity index (χ1n) is 5.36. The van der Waals surface area contributed by atoms with Crippen LogP contribution in [0.2, 0.25) is 0 Å². The van der Waals surface area contributed by atoms with Gasteiger partial charge in [0, 0.05) is 12.2 Å². The predicted molar refractivity (Wildman–Crippen MR) is 63.9 cm³/mol. The van der Waals surface area contributed by atoms with Crippen LogP contribution in [0.4, 0.5) is 0 Å². The highest BCUT2D eigenvalue weighted by molar-refractivity contribution is 5.21.